The second-order valence-corrected chi connectivity index (χ2v) is 5.83. The van der Waals surface area contributed by atoms with E-state index in [4.69, 9.17) is 9.47 Å². The summed E-state index contributed by atoms with van der Waals surface area (Å²) in [6.45, 7) is 3.85. The molecule has 0 aliphatic rings. The van der Waals surface area contributed by atoms with Crippen LogP contribution < -0.4 is 14.8 Å². The van der Waals surface area contributed by atoms with Gasteiger partial charge in [-0.25, -0.2) is 9.97 Å². The second kappa shape index (κ2) is 10.2. The van der Waals surface area contributed by atoms with Crippen molar-refractivity contribution in [3.63, 3.8) is 0 Å². The molecule has 1 amide bonds. The van der Waals surface area contributed by atoms with E-state index < -0.39 is 0 Å². The summed E-state index contributed by atoms with van der Waals surface area (Å²) >= 11 is 0. The first-order valence-electron chi connectivity index (χ1n) is 8.72. The highest BCUT2D eigenvalue weighted by molar-refractivity contribution is 5.93. The third-order valence-corrected chi connectivity index (χ3v) is 3.81. The molecule has 26 heavy (non-hydrogen) atoms. The Bertz CT molecular complexity index is 674. The number of anilines is 1. The van der Waals surface area contributed by atoms with Crippen LogP contribution in [0.3, 0.4) is 0 Å². The number of aromatic nitrogens is 2. The minimum Gasteiger partial charge on any atom is -0.497 e. The summed E-state index contributed by atoms with van der Waals surface area (Å²) < 4.78 is 10.7. The molecule has 1 N–H and O–H groups in total. The third-order valence-electron chi connectivity index (χ3n) is 3.81. The maximum atomic E-state index is 12.2. The monoisotopic (exact) mass is 358 g/mol. The van der Waals surface area contributed by atoms with Crippen LogP contribution in [0.5, 0.6) is 11.5 Å². The smallest absolute Gasteiger partial charge is 0.256 e. The Labute approximate surface area is 154 Å². The number of benzene rings is 1. The van der Waals surface area contributed by atoms with Crippen molar-refractivity contribution in [3.05, 3.63) is 42.2 Å². The van der Waals surface area contributed by atoms with Crippen molar-refractivity contribution in [2.24, 2.45) is 0 Å². The zero-order valence-corrected chi connectivity index (χ0v) is 15.6. The molecule has 7 nitrogen and oxygen atoms in total. The molecule has 0 aliphatic carbocycles. The number of hydrogen-bond donors (Lipinski definition) is 1. The van der Waals surface area contributed by atoms with Crippen molar-refractivity contribution < 1.29 is 14.3 Å². The molecule has 2 aromatic rings. The lowest BCUT2D eigenvalue weighted by Crippen LogP contribution is -2.28. The highest BCUT2D eigenvalue weighted by Gasteiger charge is 2.12. The fraction of sp³-hybridized carbons (Fsp3) is 0.421. The maximum Gasteiger partial charge on any atom is 0.256 e. The van der Waals surface area contributed by atoms with Gasteiger partial charge in [0.1, 0.15) is 18.1 Å². The van der Waals surface area contributed by atoms with Crippen molar-refractivity contribution in [1.29, 1.82) is 0 Å². The molecular weight excluding hydrogens is 332 g/mol. The minimum atomic E-state index is -0.0622. The number of nitrogens with one attached hydrogen (secondary N) is 1. The SMILES string of the molecule is CCCCN(C)C(=O)c1cnc(NCCOc2ccc(OC)cc2)nc1. The maximum absolute atomic E-state index is 12.2. The van der Waals surface area contributed by atoms with Gasteiger partial charge in [0.2, 0.25) is 5.95 Å². The summed E-state index contributed by atoms with van der Waals surface area (Å²) in [6.07, 6.45) is 5.13. The fourth-order valence-electron chi connectivity index (χ4n) is 2.25. The van der Waals surface area contributed by atoms with Crippen LogP contribution in [0, 0.1) is 0 Å². The van der Waals surface area contributed by atoms with E-state index in [-0.39, 0.29) is 5.91 Å². The molecule has 140 valence electrons. The van der Waals surface area contributed by atoms with Gasteiger partial charge in [-0.05, 0) is 30.7 Å². The average Bonchev–Trinajstić information content (AvgIpc) is 2.69. The molecule has 2 rings (SSSR count). The van der Waals surface area contributed by atoms with E-state index in [2.05, 4.69) is 22.2 Å². The topological polar surface area (TPSA) is 76.6 Å². The van der Waals surface area contributed by atoms with E-state index in [0.29, 0.717) is 24.7 Å². The lowest BCUT2D eigenvalue weighted by atomic mass is 10.2. The van der Waals surface area contributed by atoms with Crippen LogP contribution in [0.25, 0.3) is 0 Å². The van der Waals surface area contributed by atoms with Gasteiger partial charge in [-0.3, -0.25) is 4.79 Å². The predicted octanol–water partition coefficient (Wildman–Crippen LogP) is 2.85. The van der Waals surface area contributed by atoms with Crippen molar-refractivity contribution >= 4 is 11.9 Å². The second-order valence-electron chi connectivity index (χ2n) is 5.83. The Morgan fingerprint density at radius 2 is 1.81 bits per heavy atom. The number of carbonyl (C=O) groups excluding carboxylic acids is 1. The van der Waals surface area contributed by atoms with Crippen LogP contribution >= 0.6 is 0 Å². The van der Waals surface area contributed by atoms with Gasteiger partial charge in [0.25, 0.3) is 5.91 Å². The predicted molar refractivity (Wildman–Crippen MR) is 101 cm³/mol. The largest absolute Gasteiger partial charge is 0.497 e. The zero-order valence-electron chi connectivity index (χ0n) is 15.6. The molecule has 1 aromatic heterocycles. The van der Waals surface area contributed by atoms with Gasteiger partial charge in [-0.1, -0.05) is 13.3 Å². The first kappa shape index (κ1) is 19.5. The van der Waals surface area contributed by atoms with Crippen molar-refractivity contribution in [2.75, 3.05) is 39.2 Å². The summed E-state index contributed by atoms with van der Waals surface area (Å²) in [6, 6.07) is 7.40. The summed E-state index contributed by atoms with van der Waals surface area (Å²) in [4.78, 5) is 22.3. The minimum absolute atomic E-state index is 0.0622. The van der Waals surface area contributed by atoms with E-state index in [0.717, 1.165) is 30.9 Å². The van der Waals surface area contributed by atoms with Crippen LogP contribution in [0.4, 0.5) is 5.95 Å². The molecule has 0 saturated heterocycles. The standard InChI is InChI=1S/C19H26N4O3/c1-4-5-11-23(2)18(24)15-13-21-19(22-14-15)20-10-12-26-17-8-6-16(25-3)7-9-17/h6-9,13-14H,4-5,10-12H2,1-3H3,(H,20,21,22). The van der Waals surface area contributed by atoms with Crippen LogP contribution in [0.1, 0.15) is 30.1 Å². The van der Waals surface area contributed by atoms with Gasteiger partial charge >= 0.3 is 0 Å². The van der Waals surface area contributed by atoms with Crippen LogP contribution in [-0.4, -0.2) is 54.6 Å². The molecule has 0 bridgehead atoms. The van der Waals surface area contributed by atoms with Gasteiger partial charge in [0, 0.05) is 26.0 Å². The number of amides is 1. The first-order chi connectivity index (χ1) is 12.6. The molecule has 0 saturated carbocycles. The fourth-order valence-corrected chi connectivity index (χ4v) is 2.25. The summed E-state index contributed by atoms with van der Waals surface area (Å²) in [5, 5.41) is 3.07. The highest BCUT2D eigenvalue weighted by atomic mass is 16.5. The third kappa shape index (κ3) is 5.91. The van der Waals surface area contributed by atoms with Crippen molar-refractivity contribution in [2.45, 2.75) is 19.8 Å². The first-order valence-corrected chi connectivity index (χ1v) is 8.72. The number of nitrogens with zero attached hydrogens (tertiary/aromatic N) is 3. The Morgan fingerprint density at radius 1 is 1.15 bits per heavy atom. The summed E-state index contributed by atoms with van der Waals surface area (Å²) in [7, 11) is 3.42. The van der Waals surface area contributed by atoms with E-state index in [1.807, 2.05) is 24.3 Å². The molecule has 0 unspecified atom stereocenters. The van der Waals surface area contributed by atoms with Gasteiger partial charge in [-0.2, -0.15) is 0 Å². The number of unbranched alkanes of at least 4 members (excludes halogenated alkanes) is 1. The van der Waals surface area contributed by atoms with E-state index in [1.54, 1.807) is 31.5 Å². The number of hydrogen-bond acceptors (Lipinski definition) is 6. The number of ether oxygens (including phenoxy) is 2. The van der Waals surface area contributed by atoms with Gasteiger partial charge in [0.05, 0.1) is 19.2 Å². The van der Waals surface area contributed by atoms with Gasteiger partial charge in [-0.15, -0.1) is 0 Å². The van der Waals surface area contributed by atoms with Crippen molar-refractivity contribution in [3.8, 4) is 11.5 Å². The Morgan fingerprint density at radius 3 is 2.42 bits per heavy atom. The normalized spacial score (nSPS) is 10.3. The number of methoxy groups -OCH3 is 1. The molecule has 0 fully saturated rings. The van der Waals surface area contributed by atoms with E-state index in [9.17, 15) is 4.79 Å². The molecule has 0 atom stereocenters. The van der Waals surface area contributed by atoms with Gasteiger partial charge in [0.15, 0.2) is 0 Å². The lowest BCUT2D eigenvalue weighted by molar-refractivity contribution is 0.0792. The summed E-state index contributed by atoms with van der Waals surface area (Å²) in [5.74, 6) is 1.97. The molecule has 0 spiro atoms. The van der Waals surface area contributed by atoms with Crippen LogP contribution in [0.15, 0.2) is 36.7 Å². The van der Waals surface area contributed by atoms with E-state index >= 15 is 0 Å². The average molecular weight is 358 g/mol. The van der Waals surface area contributed by atoms with Gasteiger partial charge < -0.3 is 19.7 Å². The molecular formula is C19H26N4O3. The molecule has 0 aliphatic heterocycles. The van der Waals surface area contributed by atoms with Crippen molar-refractivity contribution in [1.82, 2.24) is 14.9 Å². The van der Waals surface area contributed by atoms with Crippen LogP contribution in [-0.2, 0) is 0 Å². The number of rotatable bonds is 10. The highest BCUT2D eigenvalue weighted by Crippen LogP contribution is 2.16. The zero-order chi connectivity index (χ0) is 18.8. The number of carbonyl (C=O) groups is 1. The molecule has 1 heterocycles. The quantitative estimate of drug-likeness (QED) is 0.658. The molecule has 7 heteroatoms. The Hall–Kier alpha value is -2.83. The Balaban J connectivity index is 1.75. The molecule has 1 aromatic carbocycles. The van der Waals surface area contributed by atoms with Crippen LogP contribution in [0.2, 0.25) is 0 Å². The Kier molecular flexibility index (Phi) is 7.67. The van der Waals surface area contributed by atoms with E-state index in [1.165, 1.54) is 0 Å². The lowest BCUT2D eigenvalue weighted by Gasteiger charge is -2.16. The molecule has 0 radical (unpaired) electrons. The summed E-state index contributed by atoms with van der Waals surface area (Å²) in [5.41, 5.74) is 0.489.